The summed E-state index contributed by atoms with van der Waals surface area (Å²) in [5, 5.41) is 12.0. The highest BCUT2D eigenvalue weighted by Crippen LogP contribution is 2.15. The number of hydrogen-bond donors (Lipinski definition) is 2. The van der Waals surface area contributed by atoms with Crippen LogP contribution in [0.25, 0.3) is 0 Å². The molecule has 2 rings (SSSR count). The maximum atomic E-state index is 12.1. The van der Waals surface area contributed by atoms with Gasteiger partial charge in [0.05, 0.1) is 12.5 Å². The van der Waals surface area contributed by atoms with Crippen molar-refractivity contribution in [1.29, 1.82) is 0 Å². The van der Waals surface area contributed by atoms with Gasteiger partial charge in [0.1, 0.15) is 12.3 Å². The first-order valence-corrected chi connectivity index (χ1v) is 8.79. The molecule has 0 saturated heterocycles. The van der Waals surface area contributed by atoms with E-state index in [0.29, 0.717) is 12.4 Å². The molecule has 1 amide bonds. The highest BCUT2D eigenvalue weighted by atomic mass is 16.5. The van der Waals surface area contributed by atoms with E-state index < -0.39 is 29.0 Å². The predicted molar refractivity (Wildman–Crippen MR) is 101 cm³/mol. The van der Waals surface area contributed by atoms with Crippen LogP contribution >= 0.6 is 0 Å². The number of benzene rings is 1. The molecule has 0 spiro atoms. The lowest BCUT2D eigenvalue weighted by Gasteiger charge is -2.14. The molecule has 1 aromatic heterocycles. The van der Waals surface area contributed by atoms with Crippen molar-refractivity contribution >= 4 is 11.9 Å². The molecule has 2 aromatic rings. The standard InChI is InChI=1S/C19H23N3O6/c1-3-28-15-6-4-13(5-7-15)10-14(18(25)26)11-20-16(23)12-22-9-8-17(24)21(2)19(22)27/h4-9,14H,3,10-12H2,1-2H3,(H,20,23)(H,25,26). The summed E-state index contributed by atoms with van der Waals surface area (Å²) in [6.45, 7) is 2.03. The van der Waals surface area contributed by atoms with Gasteiger partial charge in [0, 0.05) is 25.9 Å². The van der Waals surface area contributed by atoms with Crippen molar-refractivity contribution in [3.63, 3.8) is 0 Å². The highest BCUT2D eigenvalue weighted by molar-refractivity contribution is 5.77. The average Bonchev–Trinajstić information content (AvgIpc) is 2.67. The topological polar surface area (TPSA) is 120 Å². The molecule has 0 aliphatic carbocycles. The van der Waals surface area contributed by atoms with Gasteiger partial charge in [-0.3, -0.25) is 23.5 Å². The Morgan fingerprint density at radius 3 is 2.46 bits per heavy atom. The van der Waals surface area contributed by atoms with Crippen molar-refractivity contribution in [2.75, 3.05) is 13.2 Å². The second-order valence-corrected chi connectivity index (χ2v) is 6.24. The van der Waals surface area contributed by atoms with Crippen LogP contribution in [-0.4, -0.2) is 39.3 Å². The minimum Gasteiger partial charge on any atom is -0.494 e. The Morgan fingerprint density at radius 2 is 1.86 bits per heavy atom. The van der Waals surface area contributed by atoms with E-state index in [9.17, 15) is 24.3 Å². The predicted octanol–water partition coefficient (Wildman–Crippen LogP) is 0.00540. The van der Waals surface area contributed by atoms with Gasteiger partial charge >= 0.3 is 11.7 Å². The molecular formula is C19H23N3O6. The van der Waals surface area contributed by atoms with Crippen LogP contribution in [0.1, 0.15) is 12.5 Å². The molecule has 1 atom stereocenters. The zero-order valence-corrected chi connectivity index (χ0v) is 15.8. The van der Waals surface area contributed by atoms with Gasteiger partial charge in [0.25, 0.3) is 5.56 Å². The molecule has 1 aromatic carbocycles. The van der Waals surface area contributed by atoms with E-state index in [2.05, 4.69) is 5.32 Å². The van der Waals surface area contributed by atoms with Crippen molar-refractivity contribution in [2.24, 2.45) is 13.0 Å². The summed E-state index contributed by atoms with van der Waals surface area (Å²) in [4.78, 5) is 46.9. The summed E-state index contributed by atoms with van der Waals surface area (Å²) >= 11 is 0. The first kappa shape index (κ1) is 20.9. The van der Waals surface area contributed by atoms with Gasteiger partial charge in [-0.25, -0.2) is 4.79 Å². The van der Waals surface area contributed by atoms with Crippen molar-refractivity contribution in [1.82, 2.24) is 14.5 Å². The summed E-state index contributed by atoms with van der Waals surface area (Å²) < 4.78 is 7.32. The minimum absolute atomic E-state index is 0.0815. The molecule has 0 aliphatic rings. The van der Waals surface area contributed by atoms with Crippen LogP contribution < -0.4 is 21.3 Å². The second kappa shape index (κ2) is 9.54. The molecule has 28 heavy (non-hydrogen) atoms. The number of aromatic nitrogens is 2. The lowest BCUT2D eigenvalue weighted by molar-refractivity contribution is -0.141. The van der Waals surface area contributed by atoms with Crippen LogP contribution in [0.15, 0.2) is 46.1 Å². The Kier molecular flexibility index (Phi) is 7.14. The molecule has 150 valence electrons. The number of carbonyl (C=O) groups excluding carboxylic acids is 1. The molecule has 1 unspecified atom stereocenters. The lowest BCUT2D eigenvalue weighted by Crippen LogP contribution is -2.41. The lowest BCUT2D eigenvalue weighted by atomic mass is 9.99. The number of nitrogens with one attached hydrogen (secondary N) is 1. The number of carbonyl (C=O) groups is 2. The SMILES string of the molecule is CCOc1ccc(CC(CNC(=O)Cn2ccc(=O)n(C)c2=O)C(=O)O)cc1. The summed E-state index contributed by atoms with van der Waals surface area (Å²) in [5.41, 5.74) is -0.283. The van der Waals surface area contributed by atoms with Gasteiger partial charge in [-0.1, -0.05) is 12.1 Å². The molecule has 2 N–H and O–H groups in total. The maximum Gasteiger partial charge on any atom is 0.331 e. The first-order chi connectivity index (χ1) is 13.3. The fourth-order valence-corrected chi connectivity index (χ4v) is 2.60. The maximum absolute atomic E-state index is 12.1. The van der Waals surface area contributed by atoms with Crippen LogP contribution in [0.2, 0.25) is 0 Å². The van der Waals surface area contributed by atoms with Crippen LogP contribution in [0.3, 0.4) is 0 Å². The normalized spacial score (nSPS) is 11.6. The Bertz CT molecular complexity index is 945. The van der Waals surface area contributed by atoms with Gasteiger partial charge in [0.15, 0.2) is 0 Å². The van der Waals surface area contributed by atoms with E-state index in [4.69, 9.17) is 4.74 Å². The number of amides is 1. The first-order valence-electron chi connectivity index (χ1n) is 8.79. The van der Waals surface area contributed by atoms with Gasteiger partial charge in [-0.15, -0.1) is 0 Å². The van der Waals surface area contributed by atoms with Crippen molar-refractivity contribution in [3.8, 4) is 5.75 Å². The number of nitrogens with zero attached hydrogens (tertiary/aromatic N) is 2. The van der Waals surface area contributed by atoms with E-state index >= 15 is 0 Å². The third-order valence-corrected chi connectivity index (χ3v) is 4.19. The molecule has 0 saturated carbocycles. The number of aliphatic carboxylic acids is 1. The fourth-order valence-electron chi connectivity index (χ4n) is 2.60. The summed E-state index contributed by atoms with van der Waals surface area (Å²) in [7, 11) is 1.32. The highest BCUT2D eigenvalue weighted by Gasteiger charge is 2.19. The number of ether oxygens (including phenoxy) is 1. The molecule has 1 heterocycles. The Hall–Kier alpha value is -3.36. The zero-order chi connectivity index (χ0) is 20.7. The second-order valence-electron chi connectivity index (χ2n) is 6.24. The van der Waals surface area contributed by atoms with Gasteiger partial charge in [-0.2, -0.15) is 0 Å². The van der Waals surface area contributed by atoms with Gasteiger partial charge in [0.2, 0.25) is 5.91 Å². The van der Waals surface area contributed by atoms with E-state index in [1.54, 1.807) is 24.3 Å². The van der Waals surface area contributed by atoms with E-state index in [0.717, 1.165) is 14.7 Å². The molecule has 0 radical (unpaired) electrons. The van der Waals surface area contributed by atoms with Crippen LogP contribution in [0.4, 0.5) is 0 Å². The largest absolute Gasteiger partial charge is 0.494 e. The summed E-state index contributed by atoms with van der Waals surface area (Å²) in [5.74, 6) is -1.67. The smallest absolute Gasteiger partial charge is 0.331 e. The third-order valence-electron chi connectivity index (χ3n) is 4.19. The molecule has 9 heteroatoms. The minimum atomic E-state index is -1.03. The van der Waals surface area contributed by atoms with Crippen LogP contribution in [-0.2, 0) is 29.6 Å². The van der Waals surface area contributed by atoms with E-state index in [1.807, 2.05) is 6.92 Å². The molecule has 0 fully saturated rings. The third kappa shape index (κ3) is 5.57. The summed E-state index contributed by atoms with van der Waals surface area (Å²) in [6.07, 6.45) is 1.47. The zero-order valence-electron chi connectivity index (χ0n) is 15.8. The average molecular weight is 389 g/mol. The van der Waals surface area contributed by atoms with Gasteiger partial charge < -0.3 is 15.2 Å². The number of carboxylic acid groups (broad SMARTS) is 1. The Balaban J connectivity index is 1.96. The molecule has 0 aliphatic heterocycles. The summed E-state index contributed by atoms with van der Waals surface area (Å²) in [6, 6.07) is 8.28. The Morgan fingerprint density at radius 1 is 1.18 bits per heavy atom. The number of rotatable bonds is 9. The van der Waals surface area contributed by atoms with Gasteiger partial charge in [-0.05, 0) is 31.0 Å². The van der Waals surface area contributed by atoms with E-state index in [-0.39, 0.29) is 19.5 Å². The van der Waals surface area contributed by atoms with Crippen LogP contribution in [0, 0.1) is 5.92 Å². The van der Waals surface area contributed by atoms with Crippen molar-refractivity contribution < 1.29 is 19.4 Å². The number of hydrogen-bond acceptors (Lipinski definition) is 5. The Labute approximate surface area is 161 Å². The molecule has 9 nitrogen and oxygen atoms in total. The monoisotopic (exact) mass is 389 g/mol. The fraction of sp³-hybridized carbons (Fsp3) is 0.368. The van der Waals surface area contributed by atoms with E-state index in [1.165, 1.54) is 19.3 Å². The quantitative estimate of drug-likeness (QED) is 0.623. The number of carboxylic acids is 1. The molecule has 0 bridgehead atoms. The van der Waals surface area contributed by atoms with Crippen molar-refractivity contribution in [3.05, 3.63) is 62.9 Å². The molecular weight excluding hydrogens is 366 g/mol. The van der Waals surface area contributed by atoms with Crippen LogP contribution in [0.5, 0.6) is 5.75 Å². The van der Waals surface area contributed by atoms with Crippen molar-refractivity contribution in [2.45, 2.75) is 19.9 Å².